The van der Waals surface area contributed by atoms with Crippen molar-refractivity contribution in [1.82, 2.24) is 5.32 Å². The topological polar surface area (TPSA) is 47.6 Å². The Hall–Kier alpha value is -0.720. The maximum absolute atomic E-state index is 11.3. The molecule has 0 aliphatic heterocycles. The molecule has 1 N–H and O–H groups in total. The first kappa shape index (κ1) is 17.3. The summed E-state index contributed by atoms with van der Waals surface area (Å²) >= 11 is 1.67. The molecule has 6 heteroatoms. The van der Waals surface area contributed by atoms with E-state index in [-0.39, 0.29) is 5.25 Å². The Balaban J connectivity index is 2.80. The van der Waals surface area contributed by atoms with Gasteiger partial charge in [-0.1, -0.05) is 0 Å². The van der Waals surface area contributed by atoms with Gasteiger partial charge >= 0.3 is 0 Å². The number of ether oxygens (including phenoxy) is 2. The van der Waals surface area contributed by atoms with E-state index in [1.165, 1.54) is 0 Å². The van der Waals surface area contributed by atoms with Crippen LogP contribution in [0.25, 0.3) is 0 Å². The minimum Gasteiger partial charge on any atom is -0.493 e. The predicted molar refractivity (Wildman–Crippen MR) is 86.6 cm³/mol. The molecule has 2 unspecified atom stereocenters. The van der Waals surface area contributed by atoms with Crippen molar-refractivity contribution in [2.24, 2.45) is 0 Å². The Morgan fingerprint density at radius 1 is 1.30 bits per heavy atom. The molecule has 0 fully saturated rings. The normalized spacial score (nSPS) is 13.8. The number of rotatable bonds is 8. The van der Waals surface area contributed by atoms with Gasteiger partial charge in [-0.25, -0.2) is 0 Å². The van der Waals surface area contributed by atoms with Gasteiger partial charge in [0.25, 0.3) is 0 Å². The highest BCUT2D eigenvalue weighted by atomic mass is 32.2. The summed E-state index contributed by atoms with van der Waals surface area (Å²) < 4.78 is 22.0. The van der Waals surface area contributed by atoms with Crippen LogP contribution in [0.3, 0.4) is 0 Å². The Kier molecular flexibility index (Phi) is 7.40. The average molecular weight is 317 g/mol. The first-order valence-corrected chi connectivity index (χ1v) is 9.19. The maximum Gasteiger partial charge on any atom is 0.161 e. The number of methoxy groups -OCH3 is 2. The van der Waals surface area contributed by atoms with Crippen LogP contribution in [-0.4, -0.2) is 42.7 Å². The molecule has 2 atom stereocenters. The lowest BCUT2D eigenvalue weighted by molar-refractivity contribution is 0.353. The number of nitrogens with one attached hydrogen (secondary N) is 1. The summed E-state index contributed by atoms with van der Waals surface area (Å²) in [4.78, 5) is 1.15. The average Bonchev–Trinajstić information content (AvgIpc) is 2.46. The molecule has 114 valence electrons. The van der Waals surface area contributed by atoms with Gasteiger partial charge in [-0.05, 0) is 30.9 Å². The van der Waals surface area contributed by atoms with Crippen molar-refractivity contribution in [2.75, 3.05) is 33.3 Å². The van der Waals surface area contributed by atoms with E-state index in [1.807, 2.05) is 25.3 Å². The van der Waals surface area contributed by atoms with Crippen molar-refractivity contribution in [3.8, 4) is 11.5 Å². The van der Waals surface area contributed by atoms with Crippen molar-refractivity contribution in [3.63, 3.8) is 0 Å². The fourth-order valence-electron chi connectivity index (χ4n) is 1.76. The lowest BCUT2D eigenvalue weighted by atomic mass is 10.2. The summed E-state index contributed by atoms with van der Waals surface area (Å²) in [5, 5.41) is 3.49. The lowest BCUT2D eigenvalue weighted by Crippen LogP contribution is -2.27. The molecule has 0 heterocycles. The third-order valence-electron chi connectivity index (χ3n) is 3.10. The standard InChI is InChI=1S/C14H23NO3S2/c1-10(20(5)16)8-15-9-11-6-12(17-2)13(18-3)7-14(11)19-4/h6-7,10,15H,8-9H2,1-5H3. The first-order valence-electron chi connectivity index (χ1n) is 6.35. The lowest BCUT2D eigenvalue weighted by Gasteiger charge is -2.15. The van der Waals surface area contributed by atoms with Crippen LogP contribution in [0.1, 0.15) is 12.5 Å². The first-order chi connectivity index (χ1) is 9.53. The van der Waals surface area contributed by atoms with Crippen molar-refractivity contribution >= 4 is 22.6 Å². The second-order valence-corrected chi connectivity index (χ2v) is 7.11. The van der Waals surface area contributed by atoms with Gasteiger partial charge in [-0.3, -0.25) is 4.21 Å². The van der Waals surface area contributed by atoms with Crippen molar-refractivity contribution in [3.05, 3.63) is 17.7 Å². The molecule has 0 aliphatic carbocycles. The van der Waals surface area contributed by atoms with E-state index in [4.69, 9.17) is 9.47 Å². The van der Waals surface area contributed by atoms with Gasteiger partial charge in [0.15, 0.2) is 11.5 Å². The van der Waals surface area contributed by atoms with Crippen LogP contribution >= 0.6 is 11.8 Å². The fraction of sp³-hybridized carbons (Fsp3) is 0.571. The summed E-state index contributed by atoms with van der Waals surface area (Å²) in [6.07, 6.45) is 3.77. The minimum atomic E-state index is -0.799. The van der Waals surface area contributed by atoms with Gasteiger partial charge in [-0.15, -0.1) is 11.8 Å². The maximum atomic E-state index is 11.3. The molecular weight excluding hydrogens is 294 g/mol. The quantitative estimate of drug-likeness (QED) is 0.746. The number of benzene rings is 1. The molecule has 0 amide bonds. The van der Waals surface area contributed by atoms with Gasteiger partial charge < -0.3 is 14.8 Å². The SMILES string of the molecule is COc1cc(CNCC(C)S(C)=O)c(SC)cc1OC. The van der Waals surface area contributed by atoms with E-state index in [0.717, 1.165) is 35.0 Å². The molecule has 0 aliphatic rings. The van der Waals surface area contributed by atoms with E-state index in [2.05, 4.69) is 5.32 Å². The van der Waals surface area contributed by atoms with Gasteiger partial charge in [0.05, 0.1) is 14.2 Å². The van der Waals surface area contributed by atoms with Crippen LogP contribution in [0, 0.1) is 0 Å². The molecule has 0 bridgehead atoms. The van der Waals surface area contributed by atoms with E-state index >= 15 is 0 Å². The molecule has 1 aromatic rings. The Bertz CT molecular complexity index is 466. The molecule has 20 heavy (non-hydrogen) atoms. The third-order valence-corrected chi connectivity index (χ3v) is 5.22. The van der Waals surface area contributed by atoms with Gasteiger partial charge in [0.1, 0.15) is 0 Å². The van der Waals surface area contributed by atoms with Crippen molar-refractivity contribution in [1.29, 1.82) is 0 Å². The third kappa shape index (κ3) is 4.68. The molecule has 0 saturated heterocycles. The van der Waals surface area contributed by atoms with Crippen LogP contribution in [-0.2, 0) is 17.3 Å². The van der Waals surface area contributed by atoms with E-state index < -0.39 is 10.8 Å². The van der Waals surface area contributed by atoms with Crippen molar-refractivity contribution < 1.29 is 13.7 Å². The molecule has 0 spiro atoms. The fourth-order valence-corrected chi connectivity index (χ4v) is 2.73. The predicted octanol–water partition coefficient (Wildman–Crippen LogP) is 2.28. The second kappa shape index (κ2) is 8.54. The molecule has 0 radical (unpaired) electrons. The summed E-state index contributed by atoms with van der Waals surface area (Å²) in [5.74, 6) is 1.47. The Labute approximate surface area is 128 Å². The monoisotopic (exact) mass is 317 g/mol. The largest absolute Gasteiger partial charge is 0.493 e. The van der Waals surface area contributed by atoms with Gasteiger partial charge in [0.2, 0.25) is 0 Å². The van der Waals surface area contributed by atoms with Crippen LogP contribution in [0.5, 0.6) is 11.5 Å². The van der Waals surface area contributed by atoms with Gasteiger partial charge in [-0.2, -0.15) is 0 Å². The zero-order valence-corrected chi connectivity index (χ0v) is 14.3. The highest BCUT2D eigenvalue weighted by molar-refractivity contribution is 7.98. The Morgan fingerprint density at radius 3 is 2.40 bits per heavy atom. The number of hydrogen-bond donors (Lipinski definition) is 1. The highest BCUT2D eigenvalue weighted by Crippen LogP contribution is 2.34. The summed E-state index contributed by atoms with van der Waals surface area (Å²) in [6, 6.07) is 3.98. The van der Waals surface area contributed by atoms with Gasteiger partial charge in [0, 0.05) is 40.3 Å². The molecule has 1 aromatic carbocycles. The molecular formula is C14H23NO3S2. The zero-order valence-electron chi connectivity index (χ0n) is 12.7. The van der Waals surface area contributed by atoms with E-state index in [1.54, 1.807) is 32.2 Å². The second-order valence-electron chi connectivity index (χ2n) is 4.46. The number of thioether (sulfide) groups is 1. The molecule has 0 saturated carbocycles. The minimum absolute atomic E-state index is 0.146. The summed E-state index contributed by atoms with van der Waals surface area (Å²) in [5.41, 5.74) is 1.16. The van der Waals surface area contributed by atoms with Crippen molar-refractivity contribution in [2.45, 2.75) is 23.6 Å². The zero-order chi connectivity index (χ0) is 15.1. The molecule has 0 aromatic heterocycles. The Morgan fingerprint density at radius 2 is 1.90 bits per heavy atom. The summed E-state index contributed by atoms with van der Waals surface area (Å²) in [6.45, 7) is 3.43. The smallest absolute Gasteiger partial charge is 0.161 e. The van der Waals surface area contributed by atoms with Crippen LogP contribution in [0.2, 0.25) is 0 Å². The summed E-state index contributed by atoms with van der Waals surface area (Å²) in [7, 11) is 2.47. The molecule has 4 nitrogen and oxygen atoms in total. The molecule has 1 rings (SSSR count). The van der Waals surface area contributed by atoms with Crippen LogP contribution < -0.4 is 14.8 Å². The van der Waals surface area contributed by atoms with Crippen LogP contribution in [0.4, 0.5) is 0 Å². The highest BCUT2D eigenvalue weighted by Gasteiger charge is 2.11. The van der Waals surface area contributed by atoms with Crippen LogP contribution in [0.15, 0.2) is 17.0 Å². The van der Waals surface area contributed by atoms with E-state index in [9.17, 15) is 4.21 Å². The van der Waals surface area contributed by atoms with E-state index in [0.29, 0.717) is 0 Å². The number of hydrogen-bond acceptors (Lipinski definition) is 5.